The molecule has 0 amide bonds. The Balaban J connectivity index is 1.59. The van der Waals surface area contributed by atoms with Crippen molar-refractivity contribution in [1.82, 2.24) is 0 Å². The van der Waals surface area contributed by atoms with Gasteiger partial charge in [-0.1, -0.05) is 0 Å². The maximum absolute atomic E-state index is 7.13. The second-order valence-electron chi connectivity index (χ2n) is 16.9. The zero-order chi connectivity index (χ0) is 31.7. The Morgan fingerprint density at radius 1 is 0.477 bits per heavy atom. The molecule has 0 bridgehead atoms. The fourth-order valence-corrected chi connectivity index (χ4v) is 18.0. The first-order valence-corrected chi connectivity index (χ1v) is 21.2. The molecule has 0 atom stereocenters. The van der Waals surface area contributed by atoms with Crippen LogP contribution in [0.2, 0.25) is 0 Å². The Morgan fingerprint density at radius 3 is 1.30 bits per heavy atom. The van der Waals surface area contributed by atoms with E-state index in [1.807, 2.05) is 0 Å². The summed E-state index contributed by atoms with van der Waals surface area (Å²) in [6, 6.07) is 23.2. The summed E-state index contributed by atoms with van der Waals surface area (Å²) < 4.78 is 18.5. The van der Waals surface area contributed by atoms with Crippen LogP contribution in [0.5, 0.6) is 23.0 Å². The third kappa shape index (κ3) is 4.45. The van der Waals surface area contributed by atoms with Gasteiger partial charge in [0, 0.05) is 0 Å². The van der Waals surface area contributed by atoms with E-state index in [1.165, 1.54) is 49.1 Å². The van der Waals surface area contributed by atoms with Gasteiger partial charge in [-0.2, -0.15) is 0 Å². The second kappa shape index (κ2) is 9.35. The van der Waals surface area contributed by atoms with E-state index in [0.717, 1.165) is 23.0 Å². The molecule has 4 heteroatoms. The number of ether oxygens (including phenoxy) is 2. The Kier molecular flexibility index (Phi) is 6.34. The summed E-state index contributed by atoms with van der Waals surface area (Å²) in [4.78, 5) is 2.49. The fourth-order valence-electron chi connectivity index (χ4n) is 6.77. The summed E-state index contributed by atoms with van der Waals surface area (Å²) in [6.45, 7) is 27.5. The zero-order valence-corrected chi connectivity index (χ0v) is 32.0. The number of hydrogen-bond donors (Lipinski definition) is 0. The van der Waals surface area contributed by atoms with Crippen molar-refractivity contribution in [3.8, 4) is 23.0 Å². The molecule has 228 valence electrons. The molecule has 0 saturated heterocycles. The van der Waals surface area contributed by atoms with Gasteiger partial charge < -0.3 is 0 Å². The second-order valence-corrected chi connectivity index (χ2v) is 24.7. The van der Waals surface area contributed by atoms with Crippen LogP contribution in [0.25, 0.3) is 0 Å². The summed E-state index contributed by atoms with van der Waals surface area (Å²) in [6.07, 6.45) is 0. The molecule has 0 spiro atoms. The Morgan fingerprint density at radius 2 is 0.909 bits per heavy atom. The average Bonchev–Trinajstić information content (AvgIpc) is 2.90. The predicted molar refractivity (Wildman–Crippen MR) is 187 cm³/mol. The van der Waals surface area contributed by atoms with Gasteiger partial charge in [0.15, 0.2) is 0 Å². The summed E-state index contributed by atoms with van der Waals surface area (Å²) in [7, 11) is 0. The Labute approximate surface area is 272 Å². The topological polar surface area (TPSA) is 21.7 Å². The summed E-state index contributed by atoms with van der Waals surface area (Å²) in [5.74, 6) is 4.21. The molecule has 0 unspecified atom stereocenters. The first kappa shape index (κ1) is 29.9. The molecule has 0 N–H and O–H groups in total. The van der Waals surface area contributed by atoms with Gasteiger partial charge in [-0.15, -0.1) is 0 Å². The van der Waals surface area contributed by atoms with Crippen LogP contribution < -0.4 is 24.2 Å². The van der Waals surface area contributed by atoms with Crippen molar-refractivity contribution < 1.29 is 9.47 Å². The molecule has 0 saturated carbocycles. The number of hydrogen-bond acceptors (Lipinski definition) is 3. The van der Waals surface area contributed by atoms with Gasteiger partial charge in [-0.05, 0) is 0 Å². The van der Waals surface area contributed by atoms with E-state index >= 15 is 0 Å². The molecule has 0 aromatic heterocycles. The standard InChI is InChI=1S/C40H46NO2.Bi/c1-37(2,3)26-13-15-28(16-14-26)41-29-17-19-33(39(7,8)9)35(23-29)42-31-21-27(38(4,5)6)22-32(25-31)43-36-24-30(41)18-20-34(36)40(10,11)12;/h13-22H,1-12H3;. The molecule has 0 aliphatic carbocycles. The van der Waals surface area contributed by atoms with Crippen molar-refractivity contribution in [2.45, 2.75) is 105 Å². The van der Waals surface area contributed by atoms with Crippen LogP contribution in [0.1, 0.15) is 105 Å². The molecule has 44 heavy (non-hydrogen) atoms. The van der Waals surface area contributed by atoms with Gasteiger partial charge in [0.25, 0.3) is 0 Å². The van der Waals surface area contributed by atoms with Gasteiger partial charge >= 0.3 is 274 Å². The third-order valence-corrected chi connectivity index (χ3v) is 19.6. The molecule has 0 radical (unpaired) electrons. The molecule has 3 aliphatic rings. The van der Waals surface area contributed by atoms with Crippen LogP contribution in [0.15, 0.2) is 60.7 Å². The normalized spacial score (nSPS) is 15.5. The van der Waals surface area contributed by atoms with Gasteiger partial charge in [0.2, 0.25) is 0 Å². The van der Waals surface area contributed by atoms with Crippen LogP contribution >= 0.6 is 0 Å². The monoisotopic (exact) mass is 781 g/mol. The number of benzene rings is 4. The predicted octanol–water partition coefficient (Wildman–Crippen LogP) is 9.39. The third-order valence-electron chi connectivity index (χ3n) is 9.31. The van der Waals surface area contributed by atoms with Crippen molar-refractivity contribution in [2.24, 2.45) is 0 Å². The van der Waals surface area contributed by atoms with E-state index in [1.54, 1.807) is 0 Å². The molecule has 3 heterocycles. The molecule has 7 rings (SSSR count). The zero-order valence-electron chi connectivity index (χ0n) is 28.5. The molecule has 4 aromatic rings. The molecule has 3 aliphatic heterocycles. The molecule has 3 nitrogen and oxygen atoms in total. The molecule has 0 fully saturated rings. The summed E-state index contributed by atoms with van der Waals surface area (Å²) >= 11 is -2.93. The van der Waals surface area contributed by atoms with E-state index in [4.69, 9.17) is 9.47 Å². The van der Waals surface area contributed by atoms with Crippen molar-refractivity contribution in [3.63, 3.8) is 0 Å². The number of nitrogens with zero attached hydrogens (tertiary/aromatic N) is 1. The first-order valence-electron chi connectivity index (χ1n) is 16.0. The van der Waals surface area contributed by atoms with E-state index in [2.05, 4.69) is 149 Å². The number of anilines is 3. The quantitative estimate of drug-likeness (QED) is 0.155. The van der Waals surface area contributed by atoms with Crippen molar-refractivity contribution in [2.75, 3.05) is 4.90 Å². The number of rotatable bonds is 1. The van der Waals surface area contributed by atoms with Crippen LogP contribution in [0.4, 0.5) is 17.1 Å². The van der Waals surface area contributed by atoms with E-state index in [-0.39, 0.29) is 21.7 Å². The molecule has 4 aromatic carbocycles. The molecular weight excluding hydrogens is 735 g/mol. The Hall–Kier alpha value is -2.84. The maximum atomic E-state index is 7.13. The van der Waals surface area contributed by atoms with E-state index < -0.39 is 21.8 Å². The van der Waals surface area contributed by atoms with Crippen LogP contribution in [-0.4, -0.2) is 21.8 Å². The van der Waals surface area contributed by atoms with Gasteiger partial charge in [0.1, 0.15) is 0 Å². The van der Waals surface area contributed by atoms with E-state index in [9.17, 15) is 0 Å². The SMILES string of the molecule is CC(C)(C)c1ccc(N2c3ccc(C(C)(C)C)c4[c]3[Bi]3[c]5c(cc(C(C)(C)C)cc5Oc5c(C(C)(C)C)ccc2[c]53)O4)cc1. The van der Waals surface area contributed by atoms with Crippen molar-refractivity contribution in [3.05, 3.63) is 82.9 Å². The minimum absolute atomic E-state index is 0.0282. The van der Waals surface area contributed by atoms with Crippen LogP contribution in [-0.2, 0) is 21.7 Å². The van der Waals surface area contributed by atoms with Crippen molar-refractivity contribution in [1.29, 1.82) is 0 Å². The van der Waals surface area contributed by atoms with Crippen molar-refractivity contribution >= 4 is 48.6 Å². The van der Waals surface area contributed by atoms with Gasteiger partial charge in [-0.25, -0.2) is 0 Å². The van der Waals surface area contributed by atoms with Gasteiger partial charge in [0.05, 0.1) is 0 Å². The Bertz CT molecular complexity index is 1740. The van der Waals surface area contributed by atoms with Crippen LogP contribution in [0, 0.1) is 0 Å². The average molecular weight is 782 g/mol. The fraction of sp³-hybridized carbons (Fsp3) is 0.400. The summed E-state index contributed by atoms with van der Waals surface area (Å²) in [5, 5.41) is 0. The van der Waals surface area contributed by atoms with E-state index in [0.29, 0.717) is 0 Å². The molecular formula is C40H46BiNO2. The summed E-state index contributed by atoms with van der Waals surface area (Å²) in [5.41, 5.74) is 8.83. The first-order chi connectivity index (χ1) is 20.4. The van der Waals surface area contributed by atoms with Crippen LogP contribution in [0.3, 0.4) is 0 Å². The minimum atomic E-state index is -2.93. The van der Waals surface area contributed by atoms with Gasteiger partial charge in [-0.3, -0.25) is 0 Å².